The number of hydrogen-bond acceptors (Lipinski definition) is 3. The average molecular weight is 249 g/mol. The van der Waals surface area contributed by atoms with Crippen LogP contribution in [0.15, 0.2) is 0 Å². The highest BCUT2D eigenvalue weighted by Gasteiger charge is 2.19. The second-order valence-corrected chi connectivity index (χ2v) is 4.91. The summed E-state index contributed by atoms with van der Waals surface area (Å²) in [5.74, 6) is 0.714. The van der Waals surface area contributed by atoms with Gasteiger partial charge in [0, 0.05) is 23.8 Å². The van der Waals surface area contributed by atoms with E-state index >= 15 is 0 Å². The minimum absolute atomic E-state index is 0.479. The first-order valence-corrected chi connectivity index (χ1v) is 7.09. The monoisotopic (exact) mass is 249 g/mol. The number of nitrogens with zero attached hydrogens (tertiary/aromatic N) is 1. The van der Waals surface area contributed by atoms with Gasteiger partial charge in [0.05, 0.1) is 0 Å². The third-order valence-electron chi connectivity index (χ3n) is 3.35. The number of anilines is 1. The van der Waals surface area contributed by atoms with Crippen LogP contribution in [0.2, 0.25) is 0 Å². The number of nitrogen functional groups attached to an aromatic ring is 1. The Morgan fingerprint density at radius 1 is 1.28 bits per heavy atom. The van der Waals surface area contributed by atoms with Crippen LogP contribution < -0.4 is 11.1 Å². The third-order valence-corrected chi connectivity index (χ3v) is 3.35. The number of hydrogen-bond donors (Lipinski definition) is 2. The van der Waals surface area contributed by atoms with Gasteiger partial charge in [-0.2, -0.15) is 0 Å². The molecule has 0 atom stereocenters. The Morgan fingerprint density at radius 3 is 2.56 bits per heavy atom. The first-order valence-electron chi connectivity index (χ1n) is 7.09. The van der Waals surface area contributed by atoms with E-state index in [2.05, 4.69) is 31.1 Å². The normalized spacial score (nSPS) is 13.2. The predicted octanol–water partition coefficient (Wildman–Crippen LogP) is 2.99. The molecule has 3 nitrogen and oxygen atoms in total. The Kier molecular flexibility index (Phi) is 5.60. The Bertz CT molecular complexity index is 397. The van der Waals surface area contributed by atoms with Gasteiger partial charge in [-0.3, -0.25) is 0 Å². The minimum atomic E-state index is 0.479. The van der Waals surface area contributed by atoms with Crippen molar-refractivity contribution < 1.29 is 0 Å². The van der Waals surface area contributed by atoms with Gasteiger partial charge in [-0.15, -0.1) is 0 Å². The zero-order chi connectivity index (χ0) is 13.7. The number of aromatic nitrogens is 1. The molecule has 0 amide bonds. The summed E-state index contributed by atoms with van der Waals surface area (Å²) >= 11 is 0. The molecule has 1 aromatic heterocycles. The Balaban J connectivity index is 0.000000771. The molecular weight excluding hydrogens is 222 g/mol. The van der Waals surface area contributed by atoms with Crippen LogP contribution in [0.5, 0.6) is 0 Å². The molecule has 1 aliphatic carbocycles. The molecule has 0 radical (unpaired) electrons. The van der Waals surface area contributed by atoms with Gasteiger partial charge < -0.3 is 11.1 Å². The van der Waals surface area contributed by atoms with Crippen LogP contribution in [0.3, 0.4) is 0 Å². The van der Waals surface area contributed by atoms with Gasteiger partial charge in [-0.25, -0.2) is 4.98 Å². The zero-order valence-corrected chi connectivity index (χ0v) is 12.4. The molecule has 1 aromatic rings. The fourth-order valence-electron chi connectivity index (χ4n) is 2.37. The van der Waals surface area contributed by atoms with Crippen molar-refractivity contribution in [1.82, 2.24) is 10.3 Å². The number of nitrogens with two attached hydrogens (primary N) is 1. The standard InChI is InChI=1S/C13H21N3.C2H6/c1-8(2)15-7-11-9(3)10-5-4-6-12(10)16-13(11)14;1-2/h8,15H,4-7H2,1-3H3,(H2,14,16);1-2H3. The van der Waals surface area contributed by atoms with Gasteiger partial charge in [0.2, 0.25) is 0 Å². The summed E-state index contributed by atoms with van der Waals surface area (Å²) < 4.78 is 0. The SMILES string of the molecule is CC.Cc1c(CNC(C)C)c(N)nc2c1CCC2. The van der Waals surface area contributed by atoms with E-state index in [1.807, 2.05) is 13.8 Å². The number of pyridine rings is 1. The number of nitrogens with one attached hydrogen (secondary N) is 1. The highest BCUT2D eigenvalue weighted by atomic mass is 14.9. The summed E-state index contributed by atoms with van der Waals surface area (Å²) in [7, 11) is 0. The average Bonchev–Trinajstić information content (AvgIpc) is 2.79. The van der Waals surface area contributed by atoms with Crippen LogP contribution in [0.4, 0.5) is 5.82 Å². The van der Waals surface area contributed by atoms with E-state index in [1.165, 1.54) is 35.2 Å². The maximum atomic E-state index is 6.03. The van der Waals surface area contributed by atoms with Crippen LogP contribution in [-0.4, -0.2) is 11.0 Å². The summed E-state index contributed by atoms with van der Waals surface area (Å²) in [4.78, 5) is 4.53. The molecule has 2 rings (SSSR count). The molecule has 102 valence electrons. The van der Waals surface area contributed by atoms with Crippen LogP contribution in [0.1, 0.15) is 56.5 Å². The van der Waals surface area contributed by atoms with E-state index in [-0.39, 0.29) is 0 Å². The van der Waals surface area contributed by atoms with Crippen LogP contribution in [0, 0.1) is 6.92 Å². The zero-order valence-electron chi connectivity index (χ0n) is 12.4. The van der Waals surface area contributed by atoms with E-state index in [4.69, 9.17) is 5.73 Å². The van der Waals surface area contributed by atoms with E-state index in [0.717, 1.165) is 13.0 Å². The van der Waals surface area contributed by atoms with Crippen molar-refractivity contribution in [1.29, 1.82) is 0 Å². The lowest BCUT2D eigenvalue weighted by Crippen LogP contribution is -2.23. The van der Waals surface area contributed by atoms with Crippen molar-refractivity contribution in [2.45, 2.75) is 66.5 Å². The molecule has 0 saturated heterocycles. The second-order valence-electron chi connectivity index (χ2n) is 4.91. The molecule has 0 aliphatic heterocycles. The van der Waals surface area contributed by atoms with Crippen LogP contribution in [0.25, 0.3) is 0 Å². The molecule has 0 fully saturated rings. The van der Waals surface area contributed by atoms with E-state index in [1.54, 1.807) is 0 Å². The van der Waals surface area contributed by atoms with E-state index in [0.29, 0.717) is 11.9 Å². The topological polar surface area (TPSA) is 50.9 Å². The van der Waals surface area contributed by atoms with Gasteiger partial charge >= 0.3 is 0 Å². The highest BCUT2D eigenvalue weighted by molar-refractivity contribution is 5.51. The number of aryl methyl sites for hydroxylation is 1. The smallest absolute Gasteiger partial charge is 0.128 e. The molecule has 1 aliphatic rings. The lowest BCUT2D eigenvalue weighted by atomic mass is 10.0. The van der Waals surface area contributed by atoms with Crippen molar-refractivity contribution in [2.75, 3.05) is 5.73 Å². The predicted molar refractivity (Wildman–Crippen MR) is 78.7 cm³/mol. The quantitative estimate of drug-likeness (QED) is 0.866. The molecule has 18 heavy (non-hydrogen) atoms. The maximum Gasteiger partial charge on any atom is 0.128 e. The fraction of sp³-hybridized carbons (Fsp3) is 0.667. The Morgan fingerprint density at radius 2 is 1.94 bits per heavy atom. The van der Waals surface area contributed by atoms with Crippen molar-refractivity contribution in [3.05, 3.63) is 22.4 Å². The molecule has 0 saturated carbocycles. The molecule has 0 spiro atoms. The van der Waals surface area contributed by atoms with Crippen LogP contribution >= 0.6 is 0 Å². The van der Waals surface area contributed by atoms with Crippen molar-refractivity contribution in [2.24, 2.45) is 0 Å². The number of fused-ring (bicyclic) bond motifs is 1. The summed E-state index contributed by atoms with van der Waals surface area (Å²) in [6.45, 7) is 11.3. The molecule has 3 heteroatoms. The van der Waals surface area contributed by atoms with Gasteiger partial charge in [0.15, 0.2) is 0 Å². The summed E-state index contributed by atoms with van der Waals surface area (Å²) in [5, 5.41) is 3.41. The molecule has 0 unspecified atom stereocenters. The van der Waals surface area contributed by atoms with E-state index in [9.17, 15) is 0 Å². The molecule has 3 N–H and O–H groups in total. The summed E-state index contributed by atoms with van der Waals surface area (Å²) in [6, 6.07) is 0.479. The highest BCUT2D eigenvalue weighted by Crippen LogP contribution is 2.28. The van der Waals surface area contributed by atoms with Gasteiger partial charge in [-0.1, -0.05) is 27.7 Å². The molecular formula is C15H27N3. The van der Waals surface area contributed by atoms with Gasteiger partial charge in [0.1, 0.15) is 5.82 Å². The first kappa shape index (κ1) is 15.0. The van der Waals surface area contributed by atoms with Crippen LogP contribution in [-0.2, 0) is 19.4 Å². The first-order chi connectivity index (χ1) is 8.59. The maximum absolute atomic E-state index is 6.03. The molecule has 1 heterocycles. The third kappa shape index (κ3) is 3.22. The number of rotatable bonds is 3. The van der Waals surface area contributed by atoms with Crippen molar-refractivity contribution >= 4 is 5.82 Å². The lowest BCUT2D eigenvalue weighted by Gasteiger charge is -2.15. The summed E-state index contributed by atoms with van der Waals surface area (Å²) in [6.07, 6.45) is 3.49. The Labute approximate surface area is 111 Å². The second kappa shape index (κ2) is 6.74. The largest absolute Gasteiger partial charge is 0.383 e. The molecule has 0 aromatic carbocycles. The van der Waals surface area contributed by atoms with E-state index < -0.39 is 0 Å². The molecule has 0 bridgehead atoms. The fourth-order valence-corrected chi connectivity index (χ4v) is 2.37. The van der Waals surface area contributed by atoms with Crippen molar-refractivity contribution in [3.63, 3.8) is 0 Å². The minimum Gasteiger partial charge on any atom is -0.383 e. The van der Waals surface area contributed by atoms with Crippen molar-refractivity contribution in [3.8, 4) is 0 Å². The lowest BCUT2D eigenvalue weighted by molar-refractivity contribution is 0.587. The summed E-state index contributed by atoms with van der Waals surface area (Å²) in [5.41, 5.74) is 11.2. The van der Waals surface area contributed by atoms with Gasteiger partial charge in [0.25, 0.3) is 0 Å². The van der Waals surface area contributed by atoms with Gasteiger partial charge in [-0.05, 0) is 37.3 Å². The Hall–Kier alpha value is -1.09.